The molecule has 0 bridgehead atoms. The number of nitrogens with one attached hydrogen (secondary N) is 1. The summed E-state index contributed by atoms with van der Waals surface area (Å²) in [5, 5.41) is 5.62. The van der Waals surface area contributed by atoms with Gasteiger partial charge in [-0.3, -0.25) is 4.79 Å². The monoisotopic (exact) mass is 145 g/mol. The molecule has 1 aromatic rings. The van der Waals surface area contributed by atoms with Crippen LogP contribution in [0.2, 0.25) is 5.15 Å². The molecule has 0 spiro atoms. The fraction of sp³-hybridized carbons (Fsp3) is 0. The molecule has 0 saturated heterocycles. The van der Waals surface area contributed by atoms with Crippen molar-refractivity contribution in [2.45, 2.75) is 0 Å². The van der Waals surface area contributed by atoms with Crippen LogP contribution in [0.3, 0.4) is 0 Å². The molecule has 0 saturated carbocycles. The molecule has 1 aromatic heterocycles. The molecule has 0 atom stereocenters. The molecule has 1 rings (SSSR count). The molecule has 0 aliphatic carbocycles. The van der Waals surface area contributed by atoms with Crippen molar-refractivity contribution in [3.63, 3.8) is 0 Å². The molecule has 0 amide bonds. The highest BCUT2D eigenvalue weighted by Gasteiger charge is 1.94. The van der Waals surface area contributed by atoms with Gasteiger partial charge in [0.2, 0.25) is 0 Å². The lowest BCUT2D eigenvalue weighted by atomic mass is 10.5. The van der Waals surface area contributed by atoms with Gasteiger partial charge < -0.3 is 5.73 Å². The van der Waals surface area contributed by atoms with Gasteiger partial charge in [0.15, 0.2) is 5.15 Å². The number of rotatable bonds is 0. The number of hydrogen-bond donors (Lipinski definition) is 2. The second-order valence-corrected chi connectivity index (χ2v) is 1.84. The van der Waals surface area contributed by atoms with Crippen LogP contribution in [0.4, 0.5) is 5.69 Å². The molecule has 1 heterocycles. The Hall–Kier alpha value is -1.03. The average molecular weight is 146 g/mol. The number of hydrogen-bond acceptors (Lipinski definition) is 3. The predicted octanol–water partition coefficient (Wildman–Crippen LogP) is 0.00550. The molecular weight excluding hydrogens is 142 g/mol. The van der Waals surface area contributed by atoms with Crippen molar-refractivity contribution in [2.24, 2.45) is 0 Å². The van der Waals surface area contributed by atoms with E-state index in [2.05, 4.69) is 10.2 Å². The van der Waals surface area contributed by atoms with E-state index in [0.717, 1.165) is 0 Å². The van der Waals surface area contributed by atoms with E-state index in [9.17, 15) is 4.79 Å². The molecule has 9 heavy (non-hydrogen) atoms. The maximum absolute atomic E-state index is 10.4. The van der Waals surface area contributed by atoms with Crippen LogP contribution in [-0.2, 0) is 0 Å². The number of H-pyrrole nitrogens is 1. The second-order valence-electron chi connectivity index (χ2n) is 1.48. The van der Waals surface area contributed by atoms with Gasteiger partial charge in [-0.05, 0) is 0 Å². The normalized spacial score (nSPS) is 9.44. The molecule has 0 fully saturated rings. The summed E-state index contributed by atoms with van der Waals surface area (Å²) in [6.45, 7) is 0. The lowest BCUT2D eigenvalue weighted by Gasteiger charge is -1.90. The van der Waals surface area contributed by atoms with E-state index in [-0.39, 0.29) is 16.4 Å². The third kappa shape index (κ3) is 1.20. The first-order valence-corrected chi connectivity index (χ1v) is 2.58. The Morgan fingerprint density at radius 1 is 1.78 bits per heavy atom. The highest BCUT2D eigenvalue weighted by atomic mass is 35.5. The van der Waals surface area contributed by atoms with Gasteiger partial charge >= 0.3 is 0 Å². The van der Waals surface area contributed by atoms with Crippen LogP contribution < -0.4 is 11.3 Å². The van der Waals surface area contributed by atoms with Crippen molar-refractivity contribution in [3.05, 3.63) is 21.6 Å². The zero-order valence-corrected chi connectivity index (χ0v) is 5.14. The Balaban J connectivity index is 3.34. The Kier molecular flexibility index (Phi) is 1.40. The Bertz CT molecular complexity index is 269. The Morgan fingerprint density at radius 2 is 2.44 bits per heavy atom. The maximum atomic E-state index is 10.4. The molecule has 5 heteroatoms. The zero-order chi connectivity index (χ0) is 6.85. The van der Waals surface area contributed by atoms with Gasteiger partial charge in [0.05, 0.1) is 5.69 Å². The Morgan fingerprint density at radius 3 is 2.89 bits per heavy atom. The standard InChI is InChI=1S/C4H4ClN3O/c5-4-2(6)1-3(9)7-8-4/h1H,(H3,6,7,9). The molecule has 0 aliphatic heterocycles. The summed E-state index contributed by atoms with van der Waals surface area (Å²) in [5.41, 5.74) is 5.05. The van der Waals surface area contributed by atoms with Crippen molar-refractivity contribution in [3.8, 4) is 0 Å². The van der Waals surface area contributed by atoms with E-state index in [1.165, 1.54) is 6.07 Å². The Labute approximate surface area is 55.6 Å². The van der Waals surface area contributed by atoms with E-state index >= 15 is 0 Å². The lowest BCUT2D eigenvalue weighted by Crippen LogP contribution is -2.07. The highest BCUT2D eigenvalue weighted by molar-refractivity contribution is 6.31. The lowest BCUT2D eigenvalue weighted by molar-refractivity contribution is 0.992. The molecule has 0 unspecified atom stereocenters. The van der Waals surface area contributed by atoms with Crippen LogP contribution in [0.5, 0.6) is 0 Å². The van der Waals surface area contributed by atoms with E-state index < -0.39 is 0 Å². The SMILES string of the molecule is Nc1cc(=O)[nH]nc1Cl. The first kappa shape index (κ1) is 6.10. The topological polar surface area (TPSA) is 71.8 Å². The van der Waals surface area contributed by atoms with Crippen LogP contribution in [0.1, 0.15) is 0 Å². The second kappa shape index (κ2) is 2.06. The van der Waals surface area contributed by atoms with Crippen LogP contribution in [0, 0.1) is 0 Å². The van der Waals surface area contributed by atoms with Crippen LogP contribution in [0.25, 0.3) is 0 Å². The minimum Gasteiger partial charge on any atom is -0.396 e. The van der Waals surface area contributed by atoms with E-state index in [1.54, 1.807) is 0 Å². The molecule has 48 valence electrons. The van der Waals surface area contributed by atoms with E-state index in [0.29, 0.717) is 0 Å². The number of aromatic amines is 1. The summed E-state index contributed by atoms with van der Waals surface area (Å²) in [4.78, 5) is 10.4. The first-order valence-electron chi connectivity index (χ1n) is 2.21. The predicted molar refractivity (Wildman–Crippen MR) is 34.3 cm³/mol. The summed E-state index contributed by atoms with van der Waals surface area (Å²) in [6, 6.07) is 1.18. The summed E-state index contributed by atoms with van der Waals surface area (Å²) in [6.07, 6.45) is 0. The number of nitrogens with zero attached hydrogens (tertiary/aromatic N) is 1. The van der Waals surface area contributed by atoms with Gasteiger partial charge in [0.25, 0.3) is 5.56 Å². The minimum absolute atomic E-state index is 0.120. The number of nitrogens with two attached hydrogens (primary N) is 1. The summed E-state index contributed by atoms with van der Waals surface area (Å²) >= 11 is 5.37. The third-order valence-electron chi connectivity index (χ3n) is 0.789. The summed E-state index contributed by atoms with van der Waals surface area (Å²) in [7, 11) is 0. The molecule has 4 nitrogen and oxygen atoms in total. The van der Waals surface area contributed by atoms with Crippen molar-refractivity contribution in [1.82, 2.24) is 10.2 Å². The number of nitrogen functional groups attached to an aromatic ring is 1. The van der Waals surface area contributed by atoms with Gasteiger partial charge in [0, 0.05) is 6.07 Å². The van der Waals surface area contributed by atoms with Gasteiger partial charge in [0.1, 0.15) is 0 Å². The van der Waals surface area contributed by atoms with Crippen LogP contribution in [-0.4, -0.2) is 10.2 Å². The third-order valence-corrected chi connectivity index (χ3v) is 1.09. The molecule has 0 aromatic carbocycles. The van der Waals surface area contributed by atoms with Crippen molar-refractivity contribution < 1.29 is 0 Å². The maximum Gasteiger partial charge on any atom is 0.266 e. The van der Waals surface area contributed by atoms with Gasteiger partial charge in [-0.25, -0.2) is 5.10 Å². The number of aromatic nitrogens is 2. The summed E-state index contributed by atoms with van der Waals surface area (Å²) < 4.78 is 0. The summed E-state index contributed by atoms with van der Waals surface area (Å²) in [5.74, 6) is 0. The van der Waals surface area contributed by atoms with Crippen molar-refractivity contribution >= 4 is 17.3 Å². The van der Waals surface area contributed by atoms with Crippen LogP contribution in [0.15, 0.2) is 10.9 Å². The van der Waals surface area contributed by atoms with E-state index in [4.69, 9.17) is 17.3 Å². The molecular formula is C4H4ClN3O. The zero-order valence-electron chi connectivity index (χ0n) is 4.39. The van der Waals surface area contributed by atoms with Gasteiger partial charge in [-0.2, -0.15) is 5.10 Å². The van der Waals surface area contributed by atoms with Crippen molar-refractivity contribution in [2.75, 3.05) is 5.73 Å². The van der Waals surface area contributed by atoms with Gasteiger partial charge in [-0.1, -0.05) is 11.6 Å². The first-order chi connectivity index (χ1) is 4.20. The quantitative estimate of drug-likeness (QED) is 0.540. The highest BCUT2D eigenvalue weighted by Crippen LogP contribution is 2.08. The smallest absolute Gasteiger partial charge is 0.266 e. The molecule has 0 radical (unpaired) electrons. The average Bonchev–Trinajstić information content (AvgIpc) is 1.80. The molecule has 3 N–H and O–H groups in total. The fourth-order valence-electron chi connectivity index (χ4n) is 0.402. The fourth-order valence-corrected chi connectivity index (χ4v) is 0.499. The molecule has 0 aliphatic rings. The number of anilines is 1. The number of halogens is 1. The minimum atomic E-state index is -0.350. The largest absolute Gasteiger partial charge is 0.396 e. The van der Waals surface area contributed by atoms with Crippen molar-refractivity contribution in [1.29, 1.82) is 0 Å². The van der Waals surface area contributed by atoms with Gasteiger partial charge in [-0.15, -0.1) is 0 Å². The van der Waals surface area contributed by atoms with Crippen LogP contribution >= 0.6 is 11.6 Å². The van der Waals surface area contributed by atoms with E-state index in [1.807, 2.05) is 0 Å².